The highest BCUT2D eigenvalue weighted by Crippen LogP contribution is 2.53. The molecule has 18 heavy (non-hydrogen) atoms. The Hall–Kier alpha value is -0.290. The van der Waals surface area contributed by atoms with E-state index in [2.05, 4.69) is 5.32 Å². The van der Waals surface area contributed by atoms with Crippen molar-refractivity contribution in [2.75, 3.05) is 13.7 Å². The maximum absolute atomic E-state index is 12.1. The third kappa shape index (κ3) is 2.82. The van der Waals surface area contributed by atoms with Crippen LogP contribution in [0.15, 0.2) is 0 Å². The maximum Gasteiger partial charge on any atom is 0.391 e. The summed E-state index contributed by atoms with van der Waals surface area (Å²) in [5.74, 6) is 0. The van der Waals surface area contributed by atoms with E-state index in [0.29, 0.717) is 6.04 Å². The summed E-state index contributed by atoms with van der Waals surface area (Å²) in [5, 5.41) is 3.30. The van der Waals surface area contributed by atoms with E-state index in [9.17, 15) is 13.2 Å². The summed E-state index contributed by atoms with van der Waals surface area (Å²) < 4.78 is 41.9. The highest BCUT2D eigenvalue weighted by atomic mass is 19.4. The van der Waals surface area contributed by atoms with E-state index in [1.54, 1.807) is 0 Å². The Labute approximate surface area is 106 Å². The number of nitrogens with one attached hydrogen (secondary N) is 1. The predicted molar refractivity (Wildman–Crippen MR) is 63.4 cm³/mol. The van der Waals surface area contributed by atoms with E-state index in [4.69, 9.17) is 4.74 Å². The molecule has 0 saturated heterocycles. The van der Waals surface area contributed by atoms with Crippen molar-refractivity contribution >= 4 is 0 Å². The van der Waals surface area contributed by atoms with Crippen LogP contribution in [0.4, 0.5) is 13.2 Å². The summed E-state index contributed by atoms with van der Waals surface area (Å²) in [6.07, 6.45) is 1.73. The lowest BCUT2D eigenvalue weighted by atomic mass is 9.55. The average Bonchev–Trinajstić information content (AvgIpc) is 2.32. The van der Waals surface area contributed by atoms with Crippen molar-refractivity contribution in [3.05, 3.63) is 0 Å². The summed E-state index contributed by atoms with van der Waals surface area (Å²) in [7, 11) is 1.94. The molecule has 0 amide bonds. The normalized spacial score (nSPS) is 31.3. The quantitative estimate of drug-likeness (QED) is 0.842. The second-order valence-corrected chi connectivity index (χ2v) is 5.60. The van der Waals surface area contributed by atoms with Crippen molar-refractivity contribution in [2.45, 2.75) is 63.3 Å². The van der Waals surface area contributed by atoms with Crippen molar-refractivity contribution in [3.63, 3.8) is 0 Å². The van der Waals surface area contributed by atoms with Crippen LogP contribution in [0.3, 0.4) is 0 Å². The smallest absolute Gasteiger partial charge is 0.377 e. The van der Waals surface area contributed by atoms with Crippen LogP contribution in [0.1, 0.15) is 44.9 Å². The van der Waals surface area contributed by atoms with Crippen LogP contribution >= 0.6 is 0 Å². The second-order valence-electron chi connectivity index (χ2n) is 5.60. The van der Waals surface area contributed by atoms with Crippen LogP contribution in [-0.4, -0.2) is 32.0 Å². The van der Waals surface area contributed by atoms with Crippen LogP contribution in [0.5, 0.6) is 0 Å². The minimum Gasteiger partial charge on any atom is -0.377 e. The molecule has 0 aliphatic heterocycles. The lowest BCUT2D eigenvalue weighted by Crippen LogP contribution is -2.63. The number of rotatable bonds is 4. The average molecular weight is 265 g/mol. The summed E-state index contributed by atoms with van der Waals surface area (Å²) in [6.45, 7) is -0.188. The van der Waals surface area contributed by atoms with E-state index < -0.39 is 12.6 Å². The Kier molecular flexibility index (Phi) is 4.22. The van der Waals surface area contributed by atoms with E-state index in [0.717, 1.165) is 19.3 Å². The summed E-state index contributed by atoms with van der Waals surface area (Å²) in [6, 6.07) is 0.425. The topological polar surface area (TPSA) is 21.3 Å². The van der Waals surface area contributed by atoms with Gasteiger partial charge in [0, 0.05) is 11.5 Å². The molecule has 2 aliphatic carbocycles. The molecular weight excluding hydrogens is 243 g/mol. The van der Waals surface area contributed by atoms with Gasteiger partial charge >= 0.3 is 6.18 Å². The van der Waals surface area contributed by atoms with E-state index >= 15 is 0 Å². The van der Waals surface area contributed by atoms with Gasteiger partial charge in [0.1, 0.15) is 0 Å². The van der Waals surface area contributed by atoms with Gasteiger partial charge in [0.15, 0.2) is 0 Å². The molecule has 2 rings (SSSR count). The third-order valence-electron chi connectivity index (χ3n) is 4.62. The number of hydrogen-bond donors (Lipinski definition) is 1. The molecule has 0 aromatic heterocycles. The zero-order chi connectivity index (χ0) is 13.2. The van der Waals surface area contributed by atoms with Gasteiger partial charge in [0.05, 0.1) is 19.1 Å². The molecule has 1 spiro atoms. The van der Waals surface area contributed by atoms with Crippen molar-refractivity contribution in [2.24, 2.45) is 5.41 Å². The van der Waals surface area contributed by atoms with Gasteiger partial charge < -0.3 is 10.1 Å². The first-order valence-electron chi connectivity index (χ1n) is 6.83. The third-order valence-corrected chi connectivity index (χ3v) is 4.62. The molecule has 0 heterocycles. The van der Waals surface area contributed by atoms with Crippen LogP contribution in [0, 0.1) is 5.41 Å². The number of hydrogen-bond acceptors (Lipinski definition) is 2. The van der Waals surface area contributed by atoms with Crippen LogP contribution in [0.25, 0.3) is 0 Å². The second kappa shape index (κ2) is 5.37. The maximum atomic E-state index is 12.1. The van der Waals surface area contributed by atoms with Gasteiger partial charge in [0.2, 0.25) is 0 Å². The summed E-state index contributed by atoms with van der Waals surface area (Å²) in [5.41, 5.74) is 0.110. The molecule has 2 saturated carbocycles. The van der Waals surface area contributed by atoms with Gasteiger partial charge in [-0.3, -0.25) is 0 Å². The van der Waals surface area contributed by atoms with Gasteiger partial charge in [-0.1, -0.05) is 19.3 Å². The van der Waals surface area contributed by atoms with Gasteiger partial charge in [0.25, 0.3) is 0 Å². The first-order chi connectivity index (χ1) is 8.48. The highest BCUT2D eigenvalue weighted by molar-refractivity contribution is 5.08. The van der Waals surface area contributed by atoms with Crippen LogP contribution in [-0.2, 0) is 4.74 Å². The Morgan fingerprint density at radius 2 is 1.89 bits per heavy atom. The fourth-order valence-electron chi connectivity index (χ4n) is 3.58. The number of alkyl halides is 3. The van der Waals surface area contributed by atoms with Crippen molar-refractivity contribution in [1.82, 2.24) is 5.32 Å². The van der Waals surface area contributed by atoms with Crippen molar-refractivity contribution in [3.8, 4) is 0 Å². The lowest BCUT2D eigenvalue weighted by Gasteiger charge is -2.57. The van der Waals surface area contributed by atoms with Crippen LogP contribution < -0.4 is 5.32 Å². The van der Waals surface area contributed by atoms with Crippen molar-refractivity contribution < 1.29 is 17.9 Å². The Morgan fingerprint density at radius 3 is 2.44 bits per heavy atom. The molecule has 0 bridgehead atoms. The number of ether oxygens (including phenoxy) is 1. The molecule has 5 heteroatoms. The summed E-state index contributed by atoms with van der Waals surface area (Å²) in [4.78, 5) is 0. The summed E-state index contributed by atoms with van der Waals surface area (Å²) >= 11 is 0. The molecule has 2 unspecified atom stereocenters. The van der Waals surface area contributed by atoms with E-state index in [1.165, 1.54) is 19.3 Å². The molecule has 0 aromatic carbocycles. The highest BCUT2D eigenvalue weighted by Gasteiger charge is 2.55. The van der Waals surface area contributed by atoms with Gasteiger partial charge in [-0.15, -0.1) is 0 Å². The molecule has 2 fully saturated rings. The molecule has 0 aromatic rings. The van der Waals surface area contributed by atoms with Gasteiger partial charge in [-0.25, -0.2) is 0 Å². The largest absolute Gasteiger partial charge is 0.391 e. The molecule has 2 nitrogen and oxygen atoms in total. The van der Waals surface area contributed by atoms with Crippen molar-refractivity contribution in [1.29, 1.82) is 0 Å². The lowest BCUT2D eigenvalue weighted by molar-refractivity contribution is -0.183. The van der Waals surface area contributed by atoms with Crippen LogP contribution in [0.2, 0.25) is 0 Å². The zero-order valence-corrected chi connectivity index (χ0v) is 10.9. The van der Waals surface area contributed by atoms with Gasteiger partial charge in [-0.2, -0.15) is 13.2 Å². The standard InChI is InChI=1S/C13H22F3NO/c1-17-10-9-11(18-8-7-13(14,15)16)12(10)5-3-2-4-6-12/h10-11,17H,2-9H2,1H3. The fraction of sp³-hybridized carbons (Fsp3) is 1.00. The molecule has 106 valence electrons. The molecular formula is C13H22F3NO. The zero-order valence-electron chi connectivity index (χ0n) is 10.9. The SMILES string of the molecule is CNC1CC(OCCC(F)(F)F)C12CCCCC2. The minimum absolute atomic E-state index is 0.0256. The molecule has 0 radical (unpaired) electrons. The molecule has 1 N–H and O–H groups in total. The van der Waals surface area contributed by atoms with E-state index in [-0.39, 0.29) is 18.1 Å². The molecule has 2 atom stereocenters. The Morgan fingerprint density at radius 1 is 1.22 bits per heavy atom. The van der Waals surface area contributed by atoms with Gasteiger partial charge in [-0.05, 0) is 26.3 Å². The molecule has 2 aliphatic rings. The first-order valence-corrected chi connectivity index (χ1v) is 6.83. The monoisotopic (exact) mass is 265 g/mol. The fourth-order valence-corrected chi connectivity index (χ4v) is 3.58. The number of halogens is 3. The van der Waals surface area contributed by atoms with E-state index in [1.807, 2.05) is 7.05 Å². The first kappa shape index (κ1) is 14.1. The Balaban J connectivity index is 1.85. The Bertz CT molecular complexity index is 274. The predicted octanol–water partition coefficient (Wildman–Crippen LogP) is 3.27. The minimum atomic E-state index is -4.11.